The van der Waals surface area contributed by atoms with Gasteiger partial charge in [-0.3, -0.25) is 0 Å². The van der Waals surface area contributed by atoms with Gasteiger partial charge in [-0.1, -0.05) is 54.1 Å². The molecule has 6 heteroatoms. The van der Waals surface area contributed by atoms with Gasteiger partial charge in [-0.2, -0.15) is 0 Å². The molecule has 0 unspecified atom stereocenters. The van der Waals surface area contributed by atoms with E-state index in [4.69, 9.17) is 26.3 Å². The molecule has 2 heterocycles. The van der Waals surface area contributed by atoms with E-state index in [2.05, 4.69) is 93.1 Å². The number of thioether (sulfide) groups is 1. The van der Waals surface area contributed by atoms with Crippen LogP contribution in [0.25, 0.3) is 16.8 Å². The highest BCUT2D eigenvalue weighted by Crippen LogP contribution is 2.37. The molecule has 0 amide bonds. The average Bonchev–Trinajstić information content (AvgIpc) is 3.48. The zero-order valence-corrected chi connectivity index (χ0v) is 22.8. The first kappa shape index (κ1) is 24.7. The smallest absolute Gasteiger partial charge is 0.237 e. The maximum Gasteiger partial charge on any atom is 0.237 e. The molecule has 4 nitrogen and oxygen atoms in total. The van der Waals surface area contributed by atoms with Crippen LogP contribution in [0.3, 0.4) is 0 Å². The third kappa shape index (κ3) is 4.70. The summed E-state index contributed by atoms with van der Waals surface area (Å²) in [5.74, 6) is 1.46. The third-order valence-corrected chi connectivity index (χ3v) is 7.60. The van der Waals surface area contributed by atoms with Crippen molar-refractivity contribution in [3.8, 4) is 16.8 Å². The second-order valence-corrected chi connectivity index (χ2v) is 11.5. The molecule has 0 radical (unpaired) electrons. The molecular weight excluding hydrogens is 486 g/mol. The number of benzene rings is 3. The summed E-state index contributed by atoms with van der Waals surface area (Å²) >= 11 is 8.40. The Hall–Kier alpha value is -3.02. The van der Waals surface area contributed by atoms with Crippen LogP contribution < -0.4 is 0 Å². The number of imidazole rings is 1. The predicted molar refractivity (Wildman–Crippen MR) is 151 cm³/mol. The predicted octanol–water partition coefficient (Wildman–Crippen LogP) is 7.80. The first-order valence-electron chi connectivity index (χ1n) is 12.0. The van der Waals surface area contributed by atoms with E-state index in [0.717, 1.165) is 27.8 Å². The minimum atomic E-state index is -0.462. The minimum absolute atomic E-state index is 0.259. The summed E-state index contributed by atoms with van der Waals surface area (Å²) in [6, 6.07) is 25.2. The molecule has 0 fully saturated rings. The highest BCUT2D eigenvalue weighted by molar-refractivity contribution is 7.98. The van der Waals surface area contributed by atoms with E-state index >= 15 is 0 Å². The largest absolute Gasteiger partial charge is 0.474 e. The molecule has 0 aliphatic carbocycles. The third-order valence-electron chi connectivity index (χ3n) is 6.55. The van der Waals surface area contributed by atoms with Crippen LogP contribution in [0.15, 0.2) is 88.9 Å². The molecule has 4 aromatic rings. The van der Waals surface area contributed by atoms with E-state index in [0.29, 0.717) is 12.5 Å². The SMILES string of the molecule is CSc1cccc(-c2ccc(-n3cc(C4=NC(C)(C)CO4)nc3C(C)(C)c3ccccc3Cl)cc2)c1. The van der Waals surface area contributed by atoms with Crippen molar-refractivity contribution in [2.75, 3.05) is 12.9 Å². The summed E-state index contributed by atoms with van der Waals surface area (Å²) < 4.78 is 8.08. The second-order valence-electron chi connectivity index (χ2n) is 10.2. The highest BCUT2D eigenvalue weighted by atomic mass is 35.5. The van der Waals surface area contributed by atoms with E-state index in [1.807, 2.05) is 24.4 Å². The Kier molecular flexibility index (Phi) is 6.48. The number of rotatable bonds is 6. The lowest BCUT2D eigenvalue weighted by atomic mass is 9.83. The number of hydrogen-bond donors (Lipinski definition) is 0. The summed E-state index contributed by atoms with van der Waals surface area (Å²) in [4.78, 5) is 11.1. The molecule has 3 aromatic carbocycles. The fourth-order valence-corrected chi connectivity index (χ4v) is 5.37. The Labute approximate surface area is 222 Å². The molecule has 184 valence electrons. The van der Waals surface area contributed by atoms with E-state index in [-0.39, 0.29) is 5.54 Å². The highest BCUT2D eigenvalue weighted by Gasteiger charge is 2.34. The van der Waals surface area contributed by atoms with Gasteiger partial charge < -0.3 is 9.30 Å². The summed E-state index contributed by atoms with van der Waals surface area (Å²) in [6.07, 6.45) is 4.12. The number of halogens is 1. The second kappa shape index (κ2) is 9.45. The molecule has 0 bridgehead atoms. The van der Waals surface area contributed by atoms with Gasteiger partial charge in [-0.15, -0.1) is 11.8 Å². The van der Waals surface area contributed by atoms with Crippen LogP contribution in [0, 0.1) is 0 Å². The zero-order valence-electron chi connectivity index (χ0n) is 21.2. The van der Waals surface area contributed by atoms with Gasteiger partial charge in [0.1, 0.15) is 18.1 Å². The molecule has 0 saturated heterocycles. The first-order chi connectivity index (χ1) is 17.2. The summed E-state index contributed by atoms with van der Waals surface area (Å²) in [7, 11) is 0. The fourth-order valence-electron chi connectivity index (χ4n) is 4.54. The topological polar surface area (TPSA) is 39.4 Å². The van der Waals surface area contributed by atoms with Crippen molar-refractivity contribution in [3.05, 3.63) is 101 Å². The van der Waals surface area contributed by atoms with Crippen molar-refractivity contribution < 1.29 is 4.74 Å². The van der Waals surface area contributed by atoms with Gasteiger partial charge >= 0.3 is 0 Å². The molecule has 36 heavy (non-hydrogen) atoms. The molecule has 1 aliphatic heterocycles. The monoisotopic (exact) mass is 515 g/mol. The van der Waals surface area contributed by atoms with Crippen molar-refractivity contribution >= 4 is 29.3 Å². The van der Waals surface area contributed by atoms with Crippen LogP contribution in [0.1, 0.15) is 44.8 Å². The molecular formula is C30H30ClN3OS. The van der Waals surface area contributed by atoms with E-state index in [1.165, 1.54) is 16.0 Å². The van der Waals surface area contributed by atoms with Crippen LogP contribution in [0.4, 0.5) is 0 Å². The first-order valence-corrected chi connectivity index (χ1v) is 13.6. The van der Waals surface area contributed by atoms with Crippen LogP contribution in [-0.4, -0.2) is 33.9 Å². The Bertz CT molecular complexity index is 1440. The van der Waals surface area contributed by atoms with Crippen LogP contribution in [0.2, 0.25) is 5.02 Å². The molecule has 1 aromatic heterocycles. The molecule has 0 spiro atoms. The van der Waals surface area contributed by atoms with Gasteiger partial charge in [0.05, 0.1) is 5.54 Å². The van der Waals surface area contributed by atoms with Crippen LogP contribution in [-0.2, 0) is 10.2 Å². The molecule has 0 saturated carbocycles. The van der Waals surface area contributed by atoms with Crippen molar-refractivity contribution in [2.24, 2.45) is 4.99 Å². The van der Waals surface area contributed by atoms with Crippen molar-refractivity contribution in [1.82, 2.24) is 9.55 Å². The molecule has 5 rings (SSSR count). The minimum Gasteiger partial charge on any atom is -0.474 e. The van der Waals surface area contributed by atoms with Gasteiger partial charge in [0.15, 0.2) is 0 Å². The van der Waals surface area contributed by atoms with Crippen molar-refractivity contribution in [3.63, 3.8) is 0 Å². The standard InChI is InChI=1S/C30H30ClN3OS/c1-29(2)19-35-27(33-29)26-18-34(28(32-26)30(3,4)24-11-6-7-12-25(24)31)22-15-13-20(14-16-22)21-9-8-10-23(17-21)36-5/h6-18H,19H2,1-5H3. The maximum absolute atomic E-state index is 6.65. The van der Waals surface area contributed by atoms with Gasteiger partial charge in [-0.05, 0) is 81.0 Å². The van der Waals surface area contributed by atoms with E-state index in [9.17, 15) is 0 Å². The molecule has 1 aliphatic rings. The lowest BCUT2D eigenvalue weighted by Gasteiger charge is -2.27. The van der Waals surface area contributed by atoms with Gasteiger partial charge in [-0.25, -0.2) is 9.98 Å². The maximum atomic E-state index is 6.65. The van der Waals surface area contributed by atoms with Crippen molar-refractivity contribution in [1.29, 1.82) is 0 Å². The Balaban J connectivity index is 1.61. The Morgan fingerprint density at radius 3 is 2.39 bits per heavy atom. The van der Waals surface area contributed by atoms with Gasteiger partial charge in [0.2, 0.25) is 5.90 Å². The normalized spacial score (nSPS) is 15.0. The van der Waals surface area contributed by atoms with Gasteiger partial charge in [0, 0.05) is 27.2 Å². The Morgan fingerprint density at radius 1 is 0.972 bits per heavy atom. The number of ether oxygens (including phenoxy) is 1. The van der Waals surface area contributed by atoms with Crippen LogP contribution >= 0.6 is 23.4 Å². The molecule has 0 N–H and O–H groups in total. The zero-order chi connectivity index (χ0) is 25.5. The lowest BCUT2D eigenvalue weighted by molar-refractivity contribution is 0.279. The van der Waals surface area contributed by atoms with Gasteiger partial charge in [0.25, 0.3) is 0 Å². The van der Waals surface area contributed by atoms with Crippen LogP contribution in [0.5, 0.6) is 0 Å². The van der Waals surface area contributed by atoms with E-state index in [1.54, 1.807) is 11.8 Å². The fraction of sp³-hybridized carbons (Fsp3) is 0.267. The lowest BCUT2D eigenvalue weighted by Crippen LogP contribution is -2.24. The number of aromatic nitrogens is 2. The average molecular weight is 516 g/mol. The number of aliphatic imine (C=N–C) groups is 1. The summed E-state index contributed by atoms with van der Waals surface area (Å²) in [6.45, 7) is 8.98. The van der Waals surface area contributed by atoms with E-state index < -0.39 is 5.41 Å². The quantitative estimate of drug-likeness (QED) is 0.246. The summed E-state index contributed by atoms with van der Waals surface area (Å²) in [5, 5.41) is 0.721. The van der Waals surface area contributed by atoms with Crippen molar-refractivity contribution in [2.45, 2.75) is 43.5 Å². The summed E-state index contributed by atoms with van der Waals surface area (Å²) in [5.41, 5.74) is 4.42. The number of nitrogens with zero attached hydrogens (tertiary/aromatic N) is 3. The number of hydrogen-bond acceptors (Lipinski definition) is 4. The molecule has 0 atom stereocenters. The Morgan fingerprint density at radius 2 is 1.72 bits per heavy atom.